The molecular weight excluding hydrogens is 156 g/mol. The van der Waals surface area contributed by atoms with Crippen LogP contribution in [0, 0.1) is 6.07 Å². The Morgan fingerprint density at radius 2 is 2.45 bits per heavy atom. The van der Waals surface area contributed by atoms with Crippen molar-refractivity contribution in [2.75, 3.05) is 0 Å². The van der Waals surface area contributed by atoms with Gasteiger partial charge in [-0.3, -0.25) is 0 Å². The molecule has 0 bridgehead atoms. The summed E-state index contributed by atoms with van der Waals surface area (Å²) >= 11 is 1.36. The average molecular weight is 161 g/mol. The van der Waals surface area contributed by atoms with Gasteiger partial charge in [0.1, 0.15) is 5.51 Å². The Morgan fingerprint density at radius 3 is 3.09 bits per heavy atom. The van der Waals surface area contributed by atoms with Gasteiger partial charge in [-0.2, -0.15) is 4.37 Å². The van der Waals surface area contributed by atoms with Crippen molar-refractivity contribution < 1.29 is 0 Å². The molecule has 1 radical (unpaired) electrons. The Kier molecular flexibility index (Phi) is 1.65. The van der Waals surface area contributed by atoms with E-state index in [0.29, 0.717) is 0 Å². The third kappa shape index (κ3) is 1.28. The molecule has 3 heteroatoms. The zero-order valence-corrected chi connectivity index (χ0v) is 6.51. The Labute approximate surface area is 68.7 Å². The number of rotatable bonds is 1. The van der Waals surface area contributed by atoms with Gasteiger partial charge in [-0.25, -0.2) is 4.98 Å². The summed E-state index contributed by atoms with van der Waals surface area (Å²) in [6.45, 7) is 0. The van der Waals surface area contributed by atoms with Crippen LogP contribution in [0.25, 0.3) is 11.4 Å². The molecule has 1 heterocycles. The van der Waals surface area contributed by atoms with Crippen LogP contribution in [0.2, 0.25) is 0 Å². The van der Waals surface area contributed by atoms with Crippen molar-refractivity contribution in [3.63, 3.8) is 0 Å². The van der Waals surface area contributed by atoms with Crippen molar-refractivity contribution in [1.29, 1.82) is 0 Å². The zero-order valence-electron chi connectivity index (χ0n) is 5.69. The molecule has 1 aromatic carbocycles. The molecule has 53 valence electrons. The van der Waals surface area contributed by atoms with Gasteiger partial charge in [0.15, 0.2) is 5.82 Å². The van der Waals surface area contributed by atoms with E-state index in [2.05, 4.69) is 15.4 Å². The van der Waals surface area contributed by atoms with Gasteiger partial charge in [0.25, 0.3) is 0 Å². The monoisotopic (exact) mass is 161 g/mol. The van der Waals surface area contributed by atoms with E-state index in [-0.39, 0.29) is 0 Å². The molecule has 0 unspecified atom stereocenters. The maximum absolute atomic E-state index is 4.10. The SMILES string of the molecule is [c]1cccc(-c2ncsn2)c1. The fourth-order valence-corrected chi connectivity index (χ4v) is 1.28. The van der Waals surface area contributed by atoms with Gasteiger partial charge >= 0.3 is 0 Å². The summed E-state index contributed by atoms with van der Waals surface area (Å²) in [5, 5.41) is 0. The summed E-state index contributed by atoms with van der Waals surface area (Å²) < 4.78 is 4.10. The van der Waals surface area contributed by atoms with E-state index in [4.69, 9.17) is 0 Å². The lowest BCUT2D eigenvalue weighted by Crippen LogP contribution is -1.77. The molecule has 2 rings (SSSR count). The lowest BCUT2D eigenvalue weighted by molar-refractivity contribution is 1.33. The molecule has 0 spiro atoms. The summed E-state index contributed by atoms with van der Waals surface area (Å²) in [6, 6.07) is 10.6. The van der Waals surface area contributed by atoms with E-state index in [1.807, 2.05) is 24.3 Å². The predicted molar refractivity (Wildman–Crippen MR) is 44.2 cm³/mol. The molecule has 0 amide bonds. The first-order valence-electron chi connectivity index (χ1n) is 3.20. The molecule has 0 fully saturated rings. The van der Waals surface area contributed by atoms with Crippen molar-refractivity contribution >= 4 is 11.5 Å². The number of hydrogen-bond acceptors (Lipinski definition) is 3. The third-order valence-electron chi connectivity index (χ3n) is 1.33. The van der Waals surface area contributed by atoms with Crippen molar-refractivity contribution in [3.05, 3.63) is 35.8 Å². The van der Waals surface area contributed by atoms with Gasteiger partial charge in [-0.15, -0.1) is 0 Å². The lowest BCUT2D eigenvalue weighted by Gasteiger charge is -1.90. The highest BCUT2D eigenvalue weighted by atomic mass is 32.1. The highest BCUT2D eigenvalue weighted by Gasteiger charge is 1.97. The van der Waals surface area contributed by atoms with E-state index in [9.17, 15) is 0 Å². The Morgan fingerprint density at radius 1 is 1.45 bits per heavy atom. The van der Waals surface area contributed by atoms with Crippen LogP contribution < -0.4 is 0 Å². The summed E-state index contributed by atoms with van der Waals surface area (Å²) in [7, 11) is 0. The minimum atomic E-state index is 0.784. The molecule has 0 aliphatic rings. The molecule has 0 aliphatic carbocycles. The third-order valence-corrected chi connectivity index (χ3v) is 1.80. The molecule has 0 aliphatic heterocycles. The number of benzene rings is 1. The van der Waals surface area contributed by atoms with Crippen LogP contribution in [0.3, 0.4) is 0 Å². The van der Waals surface area contributed by atoms with Crippen LogP contribution in [0.5, 0.6) is 0 Å². The number of hydrogen-bond donors (Lipinski definition) is 0. The molecule has 0 atom stereocenters. The summed E-state index contributed by atoms with van der Waals surface area (Å²) in [5.41, 5.74) is 2.75. The molecule has 0 saturated carbocycles. The molecule has 0 N–H and O–H groups in total. The van der Waals surface area contributed by atoms with E-state index >= 15 is 0 Å². The molecular formula is C8H5N2S. The minimum absolute atomic E-state index is 0.784. The summed E-state index contributed by atoms with van der Waals surface area (Å²) in [6.07, 6.45) is 0. The van der Waals surface area contributed by atoms with Gasteiger partial charge in [0.05, 0.1) is 0 Å². The van der Waals surface area contributed by atoms with E-state index < -0.39 is 0 Å². The first-order chi connectivity index (χ1) is 5.47. The number of nitrogens with zero attached hydrogens (tertiary/aromatic N) is 2. The lowest BCUT2D eigenvalue weighted by atomic mass is 10.2. The second-order valence-electron chi connectivity index (χ2n) is 2.05. The molecule has 2 nitrogen and oxygen atoms in total. The second kappa shape index (κ2) is 2.80. The van der Waals surface area contributed by atoms with Gasteiger partial charge in [-0.1, -0.05) is 18.2 Å². The van der Waals surface area contributed by atoms with Crippen molar-refractivity contribution in [1.82, 2.24) is 9.36 Å². The average Bonchev–Trinajstić information content (AvgIpc) is 2.58. The standard InChI is InChI=1S/C8H5N2S/c1-2-4-7(5-3-1)8-9-6-11-10-8/h1-2,4-6H. The molecule has 11 heavy (non-hydrogen) atoms. The maximum Gasteiger partial charge on any atom is 0.172 e. The first-order valence-corrected chi connectivity index (χ1v) is 4.03. The van der Waals surface area contributed by atoms with Gasteiger partial charge in [0.2, 0.25) is 0 Å². The highest BCUT2D eigenvalue weighted by Crippen LogP contribution is 2.13. The molecule has 2 aromatic rings. The van der Waals surface area contributed by atoms with Crippen LogP contribution in [-0.2, 0) is 0 Å². The predicted octanol–water partition coefficient (Wildman–Crippen LogP) is 2.01. The van der Waals surface area contributed by atoms with Crippen LogP contribution in [0.15, 0.2) is 29.8 Å². The van der Waals surface area contributed by atoms with Crippen molar-refractivity contribution in [2.24, 2.45) is 0 Å². The van der Waals surface area contributed by atoms with Crippen molar-refractivity contribution in [2.45, 2.75) is 0 Å². The second-order valence-corrected chi connectivity index (χ2v) is 2.65. The smallest absolute Gasteiger partial charge is 0.172 e. The maximum atomic E-state index is 4.10. The largest absolute Gasteiger partial charge is 0.223 e. The summed E-state index contributed by atoms with van der Waals surface area (Å²) in [5.74, 6) is 0.784. The van der Waals surface area contributed by atoms with Gasteiger partial charge < -0.3 is 0 Å². The van der Waals surface area contributed by atoms with Crippen LogP contribution >= 0.6 is 11.5 Å². The van der Waals surface area contributed by atoms with Gasteiger partial charge in [-0.05, 0) is 23.7 Å². The fourth-order valence-electron chi connectivity index (χ4n) is 0.830. The normalized spacial score (nSPS) is 9.82. The molecule has 0 saturated heterocycles. The summed E-state index contributed by atoms with van der Waals surface area (Å²) in [4.78, 5) is 4.07. The van der Waals surface area contributed by atoms with Crippen LogP contribution in [0.4, 0.5) is 0 Å². The Balaban J connectivity index is 2.46. The topological polar surface area (TPSA) is 25.8 Å². The number of aromatic nitrogens is 2. The fraction of sp³-hybridized carbons (Fsp3) is 0. The van der Waals surface area contributed by atoms with Crippen molar-refractivity contribution in [3.8, 4) is 11.4 Å². The molecule has 1 aromatic heterocycles. The Bertz CT molecular complexity index is 315. The van der Waals surface area contributed by atoms with E-state index in [0.717, 1.165) is 11.4 Å². The van der Waals surface area contributed by atoms with Gasteiger partial charge in [0, 0.05) is 5.56 Å². The minimum Gasteiger partial charge on any atom is -0.223 e. The van der Waals surface area contributed by atoms with E-state index in [1.165, 1.54) is 11.5 Å². The zero-order chi connectivity index (χ0) is 7.52. The first kappa shape index (κ1) is 6.49. The van der Waals surface area contributed by atoms with Crippen LogP contribution in [-0.4, -0.2) is 9.36 Å². The van der Waals surface area contributed by atoms with E-state index in [1.54, 1.807) is 5.51 Å². The highest BCUT2D eigenvalue weighted by molar-refractivity contribution is 7.03. The Hall–Kier alpha value is -1.22. The quantitative estimate of drug-likeness (QED) is 0.639. The van der Waals surface area contributed by atoms with Crippen LogP contribution in [0.1, 0.15) is 0 Å².